The molecule has 0 aromatic heterocycles. The lowest BCUT2D eigenvalue weighted by atomic mass is 10.2. The molecule has 7 heteroatoms. The quantitative estimate of drug-likeness (QED) is 0.415. The minimum absolute atomic E-state index is 0.117. The van der Waals surface area contributed by atoms with Crippen molar-refractivity contribution in [3.8, 4) is 0 Å². The zero-order chi connectivity index (χ0) is 22.8. The van der Waals surface area contributed by atoms with Crippen molar-refractivity contribution in [3.05, 3.63) is 83.6 Å². The van der Waals surface area contributed by atoms with E-state index in [1.807, 2.05) is 60.7 Å². The molecule has 3 amide bonds. The summed E-state index contributed by atoms with van der Waals surface area (Å²) in [7, 11) is 1.45. The van der Waals surface area contributed by atoms with Gasteiger partial charge in [-0.1, -0.05) is 60.7 Å². The first kappa shape index (κ1) is 23.5. The molecular formula is C25H30N2O5. The molecule has 2 N–H and O–H groups in total. The maximum atomic E-state index is 12.3. The average Bonchev–Trinajstić information content (AvgIpc) is 3.45. The van der Waals surface area contributed by atoms with Crippen LogP contribution in [0.15, 0.2) is 72.5 Å². The highest BCUT2D eigenvalue weighted by Crippen LogP contribution is 2.40. The van der Waals surface area contributed by atoms with E-state index in [1.165, 1.54) is 13.4 Å². The third kappa shape index (κ3) is 7.21. The van der Waals surface area contributed by atoms with Crippen LogP contribution < -0.4 is 10.6 Å². The summed E-state index contributed by atoms with van der Waals surface area (Å²) in [6, 6.07) is 19.2. The number of hydrogen-bond acceptors (Lipinski definition) is 5. The van der Waals surface area contributed by atoms with Gasteiger partial charge in [0.05, 0.1) is 39.8 Å². The van der Waals surface area contributed by atoms with Gasteiger partial charge in [0.25, 0.3) is 5.91 Å². The Morgan fingerprint density at radius 3 is 1.84 bits per heavy atom. The summed E-state index contributed by atoms with van der Waals surface area (Å²) in [5, 5.41) is 5.20. The lowest BCUT2D eigenvalue weighted by Gasteiger charge is -2.07. The van der Waals surface area contributed by atoms with Crippen LogP contribution in [0, 0.1) is 11.8 Å². The Hall–Kier alpha value is -3.16. The number of nitrogens with one attached hydrogen (secondary N) is 2. The predicted molar refractivity (Wildman–Crippen MR) is 120 cm³/mol. The molecule has 0 aliphatic heterocycles. The standard InChI is InChI=1S/C25H30N2O5/c1-18(13-30-2)24(28)27-25(29)26-23-21(16-31-14-19-9-5-3-6-10-19)22(23)17-32-15-20-11-7-4-8-12-20/h3-13,21-23H,14-17H2,1-2H3,(H2,26,27,28,29)/b18-13+/t21-,22+,23?. The summed E-state index contributed by atoms with van der Waals surface area (Å²) in [5.74, 6) is -0.268. The van der Waals surface area contributed by atoms with E-state index in [0.29, 0.717) is 32.0 Å². The Balaban J connectivity index is 1.50. The lowest BCUT2D eigenvalue weighted by molar-refractivity contribution is -0.116. The molecule has 0 bridgehead atoms. The van der Waals surface area contributed by atoms with Crippen LogP contribution in [-0.4, -0.2) is 38.3 Å². The van der Waals surface area contributed by atoms with Crippen molar-refractivity contribution in [2.75, 3.05) is 20.3 Å². The van der Waals surface area contributed by atoms with E-state index >= 15 is 0 Å². The van der Waals surface area contributed by atoms with Crippen LogP contribution >= 0.6 is 0 Å². The molecule has 170 valence electrons. The van der Waals surface area contributed by atoms with Gasteiger partial charge in [-0.25, -0.2) is 4.79 Å². The fraction of sp³-hybridized carbons (Fsp3) is 0.360. The SMILES string of the molecule is CO/C=C(\C)C(=O)NC(=O)NC1[C@@H](COCc2ccccc2)[C@H]1COCc1ccccc1. The summed E-state index contributed by atoms with van der Waals surface area (Å²) >= 11 is 0. The maximum Gasteiger partial charge on any atom is 0.321 e. The topological polar surface area (TPSA) is 85.9 Å². The maximum absolute atomic E-state index is 12.3. The molecular weight excluding hydrogens is 408 g/mol. The van der Waals surface area contributed by atoms with Gasteiger partial charge in [0, 0.05) is 23.5 Å². The van der Waals surface area contributed by atoms with Gasteiger partial charge in [-0.05, 0) is 18.1 Å². The minimum atomic E-state index is -0.539. The van der Waals surface area contributed by atoms with Crippen LogP contribution in [0.2, 0.25) is 0 Å². The van der Waals surface area contributed by atoms with Gasteiger partial charge in [0.15, 0.2) is 0 Å². The van der Waals surface area contributed by atoms with Gasteiger partial charge in [0.1, 0.15) is 0 Å². The normalized spacial score (nSPS) is 19.8. The highest BCUT2D eigenvalue weighted by atomic mass is 16.5. The number of urea groups is 1. The van der Waals surface area contributed by atoms with Crippen LogP contribution in [0.5, 0.6) is 0 Å². The Kier molecular flexibility index (Phi) is 8.83. The summed E-state index contributed by atoms with van der Waals surface area (Å²) in [6.07, 6.45) is 1.29. The molecule has 3 atom stereocenters. The van der Waals surface area contributed by atoms with Crippen LogP contribution in [-0.2, 0) is 32.2 Å². The highest BCUT2D eigenvalue weighted by molar-refractivity contribution is 6.03. The Morgan fingerprint density at radius 2 is 1.38 bits per heavy atom. The van der Waals surface area contributed by atoms with E-state index in [1.54, 1.807) is 6.92 Å². The fourth-order valence-electron chi connectivity index (χ4n) is 3.51. The molecule has 1 aliphatic rings. The van der Waals surface area contributed by atoms with Gasteiger partial charge in [-0.3, -0.25) is 10.1 Å². The van der Waals surface area contributed by atoms with E-state index in [0.717, 1.165) is 11.1 Å². The van der Waals surface area contributed by atoms with Gasteiger partial charge in [-0.2, -0.15) is 0 Å². The summed E-state index contributed by atoms with van der Waals surface area (Å²) < 4.78 is 16.6. The number of amides is 3. The number of carbonyl (C=O) groups excluding carboxylic acids is 2. The van der Waals surface area contributed by atoms with Gasteiger partial charge in [-0.15, -0.1) is 0 Å². The van der Waals surface area contributed by atoms with Crippen molar-refractivity contribution in [2.45, 2.75) is 26.2 Å². The first-order valence-electron chi connectivity index (χ1n) is 10.6. The van der Waals surface area contributed by atoms with Gasteiger partial charge < -0.3 is 19.5 Å². The highest BCUT2D eigenvalue weighted by Gasteiger charge is 2.51. The number of rotatable bonds is 11. The van der Waals surface area contributed by atoms with E-state index in [2.05, 4.69) is 10.6 Å². The molecule has 2 aromatic carbocycles. The number of imide groups is 1. The second kappa shape index (κ2) is 12.0. The monoisotopic (exact) mass is 438 g/mol. The fourth-order valence-corrected chi connectivity index (χ4v) is 3.51. The lowest BCUT2D eigenvalue weighted by Crippen LogP contribution is -2.42. The smallest absolute Gasteiger partial charge is 0.321 e. The van der Waals surface area contributed by atoms with Crippen LogP contribution in [0.25, 0.3) is 0 Å². The zero-order valence-electron chi connectivity index (χ0n) is 18.5. The van der Waals surface area contributed by atoms with Crippen molar-refractivity contribution in [2.24, 2.45) is 11.8 Å². The van der Waals surface area contributed by atoms with E-state index in [4.69, 9.17) is 14.2 Å². The Morgan fingerprint density at radius 1 is 0.875 bits per heavy atom. The van der Waals surface area contributed by atoms with Crippen molar-refractivity contribution >= 4 is 11.9 Å². The van der Waals surface area contributed by atoms with Crippen LogP contribution in [0.3, 0.4) is 0 Å². The summed E-state index contributed by atoms with van der Waals surface area (Å²) in [6.45, 7) is 3.58. The van der Waals surface area contributed by atoms with Crippen molar-refractivity contribution in [3.63, 3.8) is 0 Å². The largest absolute Gasteiger partial charge is 0.504 e. The van der Waals surface area contributed by atoms with E-state index < -0.39 is 11.9 Å². The molecule has 2 aromatic rings. The van der Waals surface area contributed by atoms with Gasteiger partial charge >= 0.3 is 6.03 Å². The van der Waals surface area contributed by atoms with Crippen molar-refractivity contribution < 1.29 is 23.8 Å². The number of hydrogen-bond donors (Lipinski definition) is 2. The van der Waals surface area contributed by atoms with Crippen molar-refractivity contribution in [1.29, 1.82) is 0 Å². The Labute approximate surface area is 188 Å². The molecule has 1 aliphatic carbocycles. The predicted octanol–water partition coefficient (Wildman–Crippen LogP) is 3.41. The molecule has 1 unspecified atom stereocenters. The summed E-state index contributed by atoms with van der Waals surface area (Å²) in [4.78, 5) is 24.3. The molecule has 32 heavy (non-hydrogen) atoms. The second-order valence-corrected chi connectivity index (χ2v) is 7.82. The third-order valence-electron chi connectivity index (χ3n) is 5.35. The minimum Gasteiger partial charge on any atom is -0.504 e. The molecule has 0 radical (unpaired) electrons. The van der Waals surface area contributed by atoms with E-state index in [9.17, 15) is 9.59 Å². The first-order chi connectivity index (χ1) is 15.6. The molecule has 7 nitrogen and oxygen atoms in total. The third-order valence-corrected chi connectivity index (χ3v) is 5.35. The zero-order valence-corrected chi connectivity index (χ0v) is 18.5. The average molecular weight is 439 g/mol. The number of carbonyl (C=O) groups is 2. The van der Waals surface area contributed by atoms with Crippen molar-refractivity contribution in [1.82, 2.24) is 10.6 Å². The first-order valence-corrected chi connectivity index (χ1v) is 10.6. The van der Waals surface area contributed by atoms with Crippen LogP contribution in [0.4, 0.5) is 4.79 Å². The molecule has 0 saturated heterocycles. The number of ether oxygens (including phenoxy) is 3. The van der Waals surface area contributed by atoms with Crippen LogP contribution in [0.1, 0.15) is 18.1 Å². The number of methoxy groups -OCH3 is 1. The Bertz CT molecular complexity index is 850. The van der Waals surface area contributed by atoms with Gasteiger partial charge in [0.2, 0.25) is 0 Å². The molecule has 0 spiro atoms. The molecule has 1 saturated carbocycles. The summed E-state index contributed by atoms with van der Waals surface area (Å²) in [5.41, 5.74) is 2.50. The molecule has 1 fully saturated rings. The molecule has 0 heterocycles. The van der Waals surface area contributed by atoms with E-state index in [-0.39, 0.29) is 17.9 Å². The number of benzene rings is 2. The molecule has 3 rings (SSSR count). The second-order valence-electron chi connectivity index (χ2n) is 7.82.